The molecule has 0 aliphatic heterocycles. The molecule has 1 aromatic heterocycles. The molecule has 3 rings (SSSR count). The third-order valence-electron chi connectivity index (χ3n) is 3.17. The summed E-state index contributed by atoms with van der Waals surface area (Å²) in [5, 5.41) is 0. The Kier molecular flexibility index (Phi) is 3.03. The van der Waals surface area contributed by atoms with Gasteiger partial charge in [-0.1, -0.05) is 28.1 Å². The van der Waals surface area contributed by atoms with Crippen molar-refractivity contribution < 1.29 is 4.74 Å². The van der Waals surface area contributed by atoms with Crippen molar-refractivity contribution in [2.75, 3.05) is 7.11 Å². The second kappa shape index (κ2) is 4.70. The minimum Gasteiger partial charge on any atom is -0.497 e. The van der Waals surface area contributed by atoms with Crippen LogP contribution in [0.3, 0.4) is 0 Å². The summed E-state index contributed by atoms with van der Waals surface area (Å²) in [5.74, 6) is 1.77. The number of halogens is 1. The number of fused-ring (bicyclic) bond motifs is 1. The topological polar surface area (TPSA) is 27.1 Å². The molecular weight excluding hydrogens is 304 g/mol. The van der Waals surface area contributed by atoms with E-state index in [2.05, 4.69) is 32.6 Å². The van der Waals surface area contributed by atoms with Crippen LogP contribution in [-0.2, 0) is 7.05 Å². The molecule has 1 heterocycles. The van der Waals surface area contributed by atoms with Crippen LogP contribution in [0.5, 0.6) is 5.75 Å². The standard InChI is InChI=1S/C15H13BrN2O/c1-18-14-7-6-12(19-2)9-13(14)17-15(18)10-4-3-5-11(16)8-10/h3-9H,1-2H3. The van der Waals surface area contributed by atoms with Crippen LogP contribution in [-0.4, -0.2) is 16.7 Å². The Balaban J connectivity index is 2.22. The second-order valence-electron chi connectivity index (χ2n) is 4.36. The van der Waals surface area contributed by atoms with Gasteiger partial charge in [-0.2, -0.15) is 0 Å². The summed E-state index contributed by atoms with van der Waals surface area (Å²) in [7, 11) is 3.69. The van der Waals surface area contributed by atoms with Gasteiger partial charge < -0.3 is 9.30 Å². The Morgan fingerprint density at radius 2 is 2.00 bits per heavy atom. The van der Waals surface area contributed by atoms with E-state index in [1.54, 1.807) is 7.11 Å². The van der Waals surface area contributed by atoms with Gasteiger partial charge in [0, 0.05) is 23.2 Å². The fourth-order valence-corrected chi connectivity index (χ4v) is 2.59. The molecule has 96 valence electrons. The van der Waals surface area contributed by atoms with E-state index in [1.165, 1.54) is 0 Å². The van der Waals surface area contributed by atoms with Crippen LogP contribution in [0.4, 0.5) is 0 Å². The van der Waals surface area contributed by atoms with Crippen LogP contribution >= 0.6 is 15.9 Å². The maximum atomic E-state index is 5.24. The summed E-state index contributed by atoms with van der Waals surface area (Å²) in [5.41, 5.74) is 3.12. The molecule has 0 N–H and O–H groups in total. The number of hydrogen-bond acceptors (Lipinski definition) is 2. The largest absolute Gasteiger partial charge is 0.497 e. The van der Waals surface area contributed by atoms with Gasteiger partial charge in [0.1, 0.15) is 11.6 Å². The quantitative estimate of drug-likeness (QED) is 0.714. The molecule has 0 saturated heterocycles. The van der Waals surface area contributed by atoms with Crippen molar-refractivity contribution in [1.82, 2.24) is 9.55 Å². The number of imidazole rings is 1. The van der Waals surface area contributed by atoms with Crippen molar-refractivity contribution >= 4 is 27.0 Å². The normalized spacial score (nSPS) is 10.9. The Labute approximate surface area is 120 Å². The van der Waals surface area contributed by atoms with Crippen molar-refractivity contribution in [3.63, 3.8) is 0 Å². The summed E-state index contributed by atoms with van der Waals surface area (Å²) < 4.78 is 8.38. The highest BCUT2D eigenvalue weighted by atomic mass is 79.9. The minimum absolute atomic E-state index is 0.825. The number of nitrogens with zero attached hydrogens (tertiary/aromatic N) is 2. The SMILES string of the molecule is COc1ccc2c(c1)nc(-c1cccc(Br)c1)n2C. The van der Waals surface area contributed by atoms with Gasteiger partial charge in [-0.15, -0.1) is 0 Å². The maximum absolute atomic E-state index is 5.24. The van der Waals surface area contributed by atoms with E-state index in [0.29, 0.717) is 0 Å². The summed E-state index contributed by atoms with van der Waals surface area (Å²) in [4.78, 5) is 4.69. The second-order valence-corrected chi connectivity index (χ2v) is 5.28. The van der Waals surface area contributed by atoms with Gasteiger partial charge in [0.2, 0.25) is 0 Å². The number of aryl methyl sites for hydroxylation is 1. The summed E-state index contributed by atoms with van der Waals surface area (Å²) in [6.07, 6.45) is 0. The van der Waals surface area contributed by atoms with Crippen molar-refractivity contribution in [3.8, 4) is 17.1 Å². The van der Waals surface area contributed by atoms with Crippen LogP contribution in [0, 0.1) is 0 Å². The molecule has 3 nitrogen and oxygen atoms in total. The first kappa shape index (κ1) is 12.2. The minimum atomic E-state index is 0.825. The van der Waals surface area contributed by atoms with Crippen LogP contribution in [0.25, 0.3) is 22.4 Å². The van der Waals surface area contributed by atoms with E-state index < -0.39 is 0 Å². The highest BCUT2D eigenvalue weighted by Crippen LogP contribution is 2.27. The number of hydrogen-bond donors (Lipinski definition) is 0. The molecule has 19 heavy (non-hydrogen) atoms. The fraction of sp³-hybridized carbons (Fsp3) is 0.133. The van der Waals surface area contributed by atoms with Crippen LogP contribution in [0.1, 0.15) is 0 Å². The molecule has 4 heteroatoms. The lowest BCUT2D eigenvalue weighted by Gasteiger charge is -2.03. The van der Waals surface area contributed by atoms with Gasteiger partial charge in [-0.3, -0.25) is 0 Å². The van der Waals surface area contributed by atoms with Crippen molar-refractivity contribution in [2.24, 2.45) is 7.05 Å². The Bertz CT molecular complexity index is 749. The van der Waals surface area contributed by atoms with Crippen molar-refractivity contribution in [3.05, 3.63) is 46.9 Å². The smallest absolute Gasteiger partial charge is 0.140 e. The predicted molar refractivity (Wildman–Crippen MR) is 80.4 cm³/mol. The van der Waals surface area contributed by atoms with Gasteiger partial charge in [-0.25, -0.2) is 4.98 Å². The molecule has 0 spiro atoms. The van der Waals surface area contributed by atoms with Crippen molar-refractivity contribution in [2.45, 2.75) is 0 Å². The van der Waals surface area contributed by atoms with Gasteiger partial charge in [0.25, 0.3) is 0 Å². The lowest BCUT2D eigenvalue weighted by molar-refractivity contribution is 0.415. The molecule has 0 amide bonds. The lowest BCUT2D eigenvalue weighted by Crippen LogP contribution is -1.92. The molecule has 0 bridgehead atoms. The van der Waals surface area contributed by atoms with E-state index in [1.807, 2.05) is 37.4 Å². The summed E-state index contributed by atoms with van der Waals surface area (Å²) in [6, 6.07) is 14.1. The Morgan fingerprint density at radius 1 is 1.16 bits per heavy atom. The summed E-state index contributed by atoms with van der Waals surface area (Å²) >= 11 is 3.49. The van der Waals surface area contributed by atoms with Crippen molar-refractivity contribution in [1.29, 1.82) is 0 Å². The zero-order chi connectivity index (χ0) is 13.4. The molecule has 0 saturated carbocycles. The van der Waals surface area contributed by atoms with Gasteiger partial charge in [0.15, 0.2) is 0 Å². The molecule has 0 fully saturated rings. The zero-order valence-corrected chi connectivity index (χ0v) is 12.3. The van der Waals surface area contributed by atoms with Crippen LogP contribution in [0.2, 0.25) is 0 Å². The van der Waals surface area contributed by atoms with E-state index in [9.17, 15) is 0 Å². The number of aromatic nitrogens is 2. The zero-order valence-electron chi connectivity index (χ0n) is 10.7. The fourth-order valence-electron chi connectivity index (χ4n) is 2.19. The number of ether oxygens (including phenoxy) is 1. The molecular formula is C15H13BrN2O. The average Bonchev–Trinajstić information content (AvgIpc) is 2.75. The van der Waals surface area contributed by atoms with Crippen LogP contribution < -0.4 is 4.74 Å². The number of methoxy groups -OCH3 is 1. The van der Waals surface area contributed by atoms with E-state index in [4.69, 9.17) is 9.72 Å². The maximum Gasteiger partial charge on any atom is 0.140 e. The van der Waals surface area contributed by atoms with E-state index >= 15 is 0 Å². The van der Waals surface area contributed by atoms with Gasteiger partial charge in [0.05, 0.1) is 18.1 Å². The highest BCUT2D eigenvalue weighted by Gasteiger charge is 2.10. The number of rotatable bonds is 2. The molecule has 0 aliphatic rings. The molecule has 0 unspecified atom stereocenters. The first-order valence-corrected chi connectivity index (χ1v) is 6.75. The van der Waals surface area contributed by atoms with Crippen LogP contribution in [0.15, 0.2) is 46.9 Å². The lowest BCUT2D eigenvalue weighted by atomic mass is 10.2. The van der Waals surface area contributed by atoms with Gasteiger partial charge in [-0.05, 0) is 24.3 Å². The third-order valence-corrected chi connectivity index (χ3v) is 3.66. The van der Waals surface area contributed by atoms with E-state index in [-0.39, 0.29) is 0 Å². The van der Waals surface area contributed by atoms with E-state index in [0.717, 1.165) is 32.6 Å². The number of benzene rings is 2. The molecule has 2 aromatic carbocycles. The molecule has 0 aliphatic carbocycles. The molecule has 0 radical (unpaired) electrons. The Hall–Kier alpha value is -1.81. The Morgan fingerprint density at radius 3 is 2.74 bits per heavy atom. The van der Waals surface area contributed by atoms with Gasteiger partial charge >= 0.3 is 0 Å². The molecule has 3 aromatic rings. The first-order valence-electron chi connectivity index (χ1n) is 5.95. The summed E-state index contributed by atoms with van der Waals surface area (Å²) in [6.45, 7) is 0. The highest BCUT2D eigenvalue weighted by molar-refractivity contribution is 9.10. The first-order chi connectivity index (χ1) is 9.19. The molecule has 0 atom stereocenters. The average molecular weight is 317 g/mol. The monoisotopic (exact) mass is 316 g/mol. The third kappa shape index (κ3) is 2.12. The predicted octanol–water partition coefficient (Wildman–Crippen LogP) is 4.01.